The Morgan fingerprint density at radius 3 is 2.35 bits per heavy atom. The second-order valence-corrected chi connectivity index (χ2v) is 12.6. The third kappa shape index (κ3) is 14.0. The molecule has 0 aliphatic carbocycles. The van der Waals surface area contributed by atoms with Crippen LogP contribution in [-0.4, -0.2) is 85.9 Å². The monoisotopic (exact) mass is 710 g/mol. The highest BCUT2D eigenvalue weighted by atomic mass is 16.5. The molecule has 1 aliphatic rings. The quantitative estimate of drug-likeness (QED) is 0.177. The van der Waals surface area contributed by atoms with Gasteiger partial charge in [-0.25, -0.2) is 0 Å². The molecule has 2 bridgehead atoms. The number of carbonyl (C=O) groups is 5. The van der Waals surface area contributed by atoms with Crippen molar-refractivity contribution >= 4 is 35.6 Å². The molecular weight excluding hydrogens is 660 g/mol. The van der Waals surface area contributed by atoms with Gasteiger partial charge in [-0.05, 0) is 67.1 Å². The summed E-state index contributed by atoms with van der Waals surface area (Å²) in [7, 11) is 0. The van der Waals surface area contributed by atoms with Crippen molar-refractivity contribution in [3.05, 3.63) is 108 Å². The van der Waals surface area contributed by atoms with Crippen LogP contribution in [0.1, 0.15) is 48.8 Å². The smallest absolute Gasteiger partial charge is 0.246 e. The molecule has 1 heterocycles. The minimum atomic E-state index is -0.954. The molecule has 0 saturated heterocycles. The summed E-state index contributed by atoms with van der Waals surface area (Å²) in [5.74, 6) is -1.14. The van der Waals surface area contributed by atoms with Gasteiger partial charge in [-0.2, -0.15) is 0 Å². The molecule has 2 atom stereocenters. The highest BCUT2D eigenvalue weighted by molar-refractivity contribution is 5.93. The molecule has 12 heteroatoms. The average Bonchev–Trinajstić information content (AvgIpc) is 3.15. The van der Waals surface area contributed by atoms with Crippen molar-refractivity contribution < 1.29 is 28.7 Å². The summed E-state index contributed by atoms with van der Waals surface area (Å²) in [6.07, 6.45) is 5.65. The number of carbonyl (C=O) groups excluding carboxylic acids is 5. The first-order chi connectivity index (χ1) is 25.3. The Kier molecular flexibility index (Phi) is 16.4. The van der Waals surface area contributed by atoms with Crippen molar-refractivity contribution in [1.29, 1.82) is 0 Å². The molecule has 1 aliphatic heterocycles. The van der Waals surface area contributed by atoms with Crippen molar-refractivity contribution in [1.82, 2.24) is 26.2 Å². The van der Waals surface area contributed by atoms with Gasteiger partial charge in [0.05, 0.1) is 13.0 Å². The number of hydrogen-bond donors (Lipinski definition) is 5. The molecule has 3 aromatic rings. The molecule has 6 N–H and O–H groups in total. The molecule has 12 nitrogen and oxygen atoms in total. The molecule has 0 aromatic heterocycles. The fourth-order valence-electron chi connectivity index (χ4n) is 5.75. The number of nitrogens with one attached hydrogen (secondary N) is 4. The lowest BCUT2D eigenvalue weighted by atomic mass is 10.0. The number of nitrogens with zero attached hydrogens (tertiary/aromatic N) is 1. The molecule has 4 rings (SSSR count). The van der Waals surface area contributed by atoms with Crippen molar-refractivity contribution in [2.45, 2.75) is 57.0 Å². The fraction of sp³-hybridized carbons (Fsp3) is 0.375. The Bertz CT molecular complexity index is 1630. The average molecular weight is 711 g/mol. The normalized spacial score (nSPS) is 18.8. The second-order valence-electron chi connectivity index (χ2n) is 12.6. The zero-order valence-corrected chi connectivity index (χ0v) is 29.6. The van der Waals surface area contributed by atoms with Gasteiger partial charge in [0.1, 0.15) is 24.4 Å². The Morgan fingerprint density at radius 2 is 1.58 bits per heavy atom. The van der Waals surface area contributed by atoms with E-state index in [-0.39, 0.29) is 63.2 Å². The van der Waals surface area contributed by atoms with E-state index in [1.807, 2.05) is 60.7 Å². The number of amides is 5. The highest BCUT2D eigenvalue weighted by Crippen LogP contribution is 2.14. The number of ether oxygens (including phenoxy) is 1. The number of benzene rings is 3. The SMILES string of the molecule is NCCCC[C@@H]1NC(=O)Cc2cccc(c2)OCCNC(=O)CCCN(C(=O)C=Cc2ccccc2)CCNC(=O)[C@@H](Cc2ccccc2)NC1=O. The van der Waals surface area contributed by atoms with Crippen molar-refractivity contribution in [3.8, 4) is 5.75 Å². The molecule has 52 heavy (non-hydrogen) atoms. The minimum Gasteiger partial charge on any atom is -0.492 e. The van der Waals surface area contributed by atoms with Crippen LogP contribution in [-0.2, 0) is 36.8 Å². The Balaban J connectivity index is 1.55. The van der Waals surface area contributed by atoms with E-state index < -0.39 is 23.9 Å². The van der Waals surface area contributed by atoms with Gasteiger partial charge in [0.2, 0.25) is 29.5 Å². The fourth-order valence-corrected chi connectivity index (χ4v) is 5.75. The number of unbranched alkanes of at least 4 members (excludes halogenated alkanes) is 1. The topological polar surface area (TPSA) is 172 Å². The van der Waals surface area contributed by atoms with Gasteiger partial charge >= 0.3 is 0 Å². The van der Waals surface area contributed by atoms with Crippen LogP contribution in [0.3, 0.4) is 0 Å². The molecule has 0 fully saturated rings. The molecule has 276 valence electrons. The summed E-state index contributed by atoms with van der Waals surface area (Å²) in [5.41, 5.74) is 8.11. The standard InChI is InChI=1S/C40H50N6O6/c41-21-8-7-17-34-40(51)45-35(28-31-13-5-2-6-14-31)39(50)43-22-25-46(38(49)20-19-30-11-3-1-4-12-30)24-10-18-36(47)42-23-26-52-33-16-9-15-32(27-33)29-37(48)44-34/h1-6,9,11-16,19-20,27,34-35H,7-8,10,17-18,21-26,28-29,41H2,(H,42,47)(H,43,50)(H,44,48)(H,45,51)/t34-,35+/m0/s1. The van der Waals surface area contributed by atoms with Crippen LogP contribution in [0.4, 0.5) is 0 Å². The van der Waals surface area contributed by atoms with Crippen molar-refractivity contribution in [2.75, 3.05) is 39.3 Å². The van der Waals surface area contributed by atoms with Crippen LogP contribution in [0.25, 0.3) is 6.08 Å². The van der Waals surface area contributed by atoms with E-state index in [0.717, 1.165) is 11.1 Å². The van der Waals surface area contributed by atoms with Crippen molar-refractivity contribution in [2.24, 2.45) is 5.73 Å². The predicted molar refractivity (Wildman–Crippen MR) is 200 cm³/mol. The van der Waals surface area contributed by atoms with E-state index in [2.05, 4.69) is 21.3 Å². The second kappa shape index (κ2) is 21.7. The summed E-state index contributed by atoms with van der Waals surface area (Å²) in [6.45, 7) is 1.54. The zero-order chi connectivity index (χ0) is 37.0. The highest BCUT2D eigenvalue weighted by Gasteiger charge is 2.27. The van der Waals surface area contributed by atoms with E-state index in [0.29, 0.717) is 50.1 Å². The van der Waals surface area contributed by atoms with Crippen LogP contribution in [0.15, 0.2) is 91.0 Å². The molecule has 0 radical (unpaired) electrons. The van der Waals surface area contributed by atoms with E-state index >= 15 is 0 Å². The first-order valence-electron chi connectivity index (χ1n) is 17.9. The van der Waals surface area contributed by atoms with Gasteiger partial charge in [0.25, 0.3) is 0 Å². The van der Waals surface area contributed by atoms with Gasteiger partial charge < -0.3 is 36.6 Å². The van der Waals surface area contributed by atoms with Crippen LogP contribution in [0.2, 0.25) is 0 Å². The third-order valence-electron chi connectivity index (χ3n) is 8.51. The van der Waals surface area contributed by atoms with Gasteiger partial charge in [0.15, 0.2) is 0 Å². The maximum atomic E-state index is 13.8. The molecular formula is C40H50N6O6. The lowest BCUT2D eigenvalue weighted by molar-refractivity contribution is -0.132. The lowest BCUT2D eigenvalue weighted by Crippen LogP contribution is -2.55. The minimum absolute atomic E-state index is 0.0122. The Hall–Kier alpha value is -5.49. The lowest BCUT2D eigenvalue weighted by Gasteiger charge is -2.25. The summed E-state index contributed by atoms with van der Waals surface area (Å²) < 4.78 is 5.82. The summed E-state index contributed by atoms with van der Waals surface area (Å²) in [5, 5.41) is 11.5. The van der Waals surface area contributed by atoms with E-state index in [4.69, 9.17) is 10.5 Å². The van der Waals surface area contributed by atoms with Gasteiger partial charge in [-0.3, -0.25) is 24.0 Å². The summed E-state index contributed by atoms with van der Waals surface area (Å²) in [4.78, 5) is 68.2. The van der Waals surface area contributed by atoms with E-state index in [9.17, 15) is 24.0 Å². The van der Waals surface area contributed by atoms with E-state index in [1.165, 1.54) is 6.08 Å². The maximum Gasteiger partial charge on any atom is 0.246 e. The third-order valence-corrected chi connectivity index (χ3v) is 8.51. The van der Waals surface area contributed by atoms with Gasteiger partial charge in [-0.1, -0.05) is 72.8 Å². The first kappa shape index (κ1) is 39.3. The van der Waals surface area contributed by atoms with Crippen LogP contribution in [0.5, 0.6) is 5.75 Å². The summed E-state index contributed by atoms with van der Waals surface area (Å²) >= 11 is 0. The Morgan fingerprint density at radius 1 is 0.808 bits per heavy atom. The number of hydrogen-bond acceptors (Lipinski definition) is 7. The molecule has 0 saturated carbocycles. The van der Waals surface area contributed by atoms with Gasteiger partial charge in [-0.15, -0.1) is 0 Å². The number of fused-ring (bicyclic) bond motifs is 2. The van der Waals surface area contributed by atoms with Crippen LogP contribution < -0.4 is 31.7 Å². The van der Waals surface area contributed by atoms with Crippen molar-refractivity contribution in [3.63, 3.8) is 0 Å². The predicted octanol–water partition coefficient (Wildman–Crippen LogP) is 2.52. The molecule has 3 aromatic carbocycles. The molecule has 5 amide bonds. The van der Waals surface area contributed by atoms with Crippen LogP contribution >= 0.6 is 0 Å². The maximum absolute atomic E-state index is 13.8. The number of nitrogens with two attached hydrogens (primary N) is 1. The zero-order valence-electron chi connectivity index (χ0n) is 29.6. The number of rotatable bonds is 8. The first-order valence-corrected chi connectivity index (χ1v) is 17.9. The van der Waals surface area contributed by atoms with Crippen LogP contribution in [0, 0.1) is 0 Å². The summed E-state index contributed by atoms with van der Waals surface area (Å²) in [6, 6.07) is 24.0. The Labute approximate surface area is 305 Å². The molecule has 0 spiro atoms. The van der Waals surface area contributed by atoms with Gasteiger partial charge in [0, 0.05) is 38.6 Å². The largest absolute Gasteiger partial charge is 0.492 e. The van der Waals surface area contributed by atoms with E-state index in [1.54, 1.807) is 35.2 Å². The molecule has 0 unspecified atom stereocenters.